The molecule has 3 heterocycles. The minimum absolute atomic E-state index is 0.0985. The van der Waals surface area contributed by atoms with Crippen molar-refractivity contribution in [2.45, 2.75) is 33.1 Å². The van der Waals surface area contributed by atoms with Crippen LogP contribution in [-0.4, -0.2) is 15.0 Å². The largest absolute Gasteiger partial charge is 0.346 e. The van der Waals surface area contributed by atoms with Gasteiger partial charge in [-0.05, 0) is 30.0 Å². The molecule has 0 spiro atoms. The molecule has 3 aromatic rings. The van der Waals surface area contributed by atoms with Gasteiger partial charge in [-0.25, -0.2) is 4.98 Å². The van der Waals surface area contributed by atoms with Gasteiger partial charge >= 0.3 is 0 Å². The summed E-state index contributed by atoms with van der Waals surface area (Å²) < 4.78 is 0. The molecule has 102 valence electrons. The van der Waals surface area contributed by atoms with Gasteiger partial charge in [0.1, 0.15) is 5.65 Å². The number of aromatic nitrogens is 3. The van der Waals surface area contributed by atoms with Crippen LogP contribution in [0.25, 0.3) is 22.2 Å². The molecule has 0 saturated carbocycles. The number of hydrogen-bond acceptors (Lipinski definition) is 2. The summed E-state index contributed by atoms with van der Waals surface area (Å²) in [5, 5.41) is 1.16. The number of H-pyrrole nitrogens is 1. The summed E-state index contributed by atoms with van der Waals surface area (Å²) in [5.41, 5.74) is 5.57. The Hall–Kier alpha value is -2.16. The van der Waals surface area contributed by atoms with Crippen molar-refractivity contribution in [2.24, 2.45) is 0 Å². The summed E-state index contributed by atoms with van der Waals surface area (Å²) in [6.07, 6.45) is 5.88. The minimum atomic E-state index is 0.0985. The molecule has 0 fully saturated rings. The molecular formula is C17H19N3. The normalized spacial score (nSPS) is 12.0. The Morgan fingerprint density at radius 2 is 1.85 bits per heavy atom. The van der Waals surface area contributed by atoms with E-state index in [2.05, 4.69) is 47.9 Å². The molecule has 0 saturated heterocycles. The highest BCUT2D eigenvalue weighted by Crippen LogP contribution is 2.31. The van der Waals surface area contributed by atoms with Gasteiger partial charge in [0.05, 0.1) is 0 Å². The number of aryl methyl sites for hydroxylation is 1. The Kier molecular flexibility index (Phi) is 2.85. The van der Waals surface area contributed by atoms with Crippen molar-refractivity contribution in [3.63, 3.8) is 0 Å². The first-order chi connectivity index (χ1) is 9.45. The second-order valence-corrected chi connectivity index (χ2v) is 6.26. The van der Waals surface area contributed by atoms with Gasteiger partial charge in [0, 0.05) is 40.8 Å². The van der Waals surface area contributed by atoms with E-state index in [0.717, 1.165) is 27.9 Å². The number of fused-ring (bicyclic) bond motifs is 1. The van der Waals surface area contributed by atoms with E-state index in [1.807, 2.05) is 31.6 Å². The third kappa shape index (κ3) is 2.20. The van der Waals surface area contributed by atoms with Gasteiger partial charge in [-0.1, -0.05) is 26.8 Å². The molecule has 3 heteroatoms. The van der Waals surface area contributed by atoms with E-state index in [0.29, 0.717) is 0 Å². The summed E-state index contributed by atoms with van der Waals surface area (Å²) in [6, 6.07) is 6.37. The lowest BCUT2D eigenvalue weighted by Crippen LogP contribution is -2.11. The average Bonchev–Trinajstić information content (AvgIpc) is 2.81. The predicted octanol–water partition coefficient (Wildman–Crippen LogP) is 4.23. The highest BCUT2D eigenvalue weighted by molar-refractivity contribution is 5.93. The molecule has 0 atom stereocenters. The smallest absolute Gasteiger partial charge is 0.137 e. The maximum absolute atomic E-state index is 4.54. The molecule has 3 rings (SSSR count). The number of aromatic amines is 1. The Morgan fingerprint density at radius 1 is 1.05 bits per heavy atom. The molecule has 0 bridgehead atoms. The summed E-state index contributed by atoms with van der Waals surface area (Å²) in [4.78, 5) is 12.2. The van der Waals surface area contributed by atoms with Crippen molar-refractivity contribution in [3.05, 3.63) is 48.0 Å². The zero-order chi connectivity index (χ0) is 14.3. The predicted molar refractivity (Wildman–Crippen MR) is 82.8 cm³/mol. The Balaban J connectivity index is 2.19. The van der Waals surface area contributed by atoms with Crippen molar-refractivity contribution >= 4 is 11.0 Å². The van der Waals surface area contributed by atoms with E-state index in [4.69, 9.17) is 0 Å². The minimum Gasteiger partial charge on any atom is -0.346 e. The molecule has 0 aliphatic rings. The molecule has 1 N–H and O–H groups in total. The van der Waals surface area contributed by atoms with Crippen molar-refractivity contribution in [2.75, 3.05) is 0 Å². The van der Waals surface area contributed by atoms with Crippen LogP contribution < -0.4 is 0 Å². The number of hydrogen-bond donors (Lipinski definition) is 1. The molecule has 3 nitrogen and oxygen atoms in total. The molecule has 3 aromatic heterocycles. The van der Waals surface area contributed by atoms with E-state index >= 15 is 0 Å². The topological polar surface area (TPSA) is 41.6 Å². The lowest BCUT2D eigenvalue weighted by Gasteiger charge is -2.18. The molecule has 0 aliphatic carbocycles. The monoisotopic (exact) mass is 265 g/mol. The maximum Gasteiger partial charge on any atom is 0.137 e. The zero-order valence-electron chi connectivity index (χ0n) is 12.4. The first-order valence-corrected chi connectivity index (χ1v) is 6.86. The van der Waals surface area contributed by atoms with Gasteiger partial charge in [-0.2, -0.15) is 0 Å². The fourth-order valence-corrected chi connectivity index (χ4v) is 2.28. The third-order valence-electron chi connectivity index (χ3n) is 3.62. The first kappa shape index (κ1) is 12.9. The maximum atomic E-state index is 4.54. The van der Waals surface area contributed by atoms with Crippen LogP contribution in [-0.2, 0) is 5.41 Å². The second-order valence-electron chi connectivity index (χ2n) is 6.26. The highest BCUT2D eigenvalue weighted by Gasteiger charge is 2.16. The highest BCUT2D eigenvalue weighted by atomic mass is 14.8. The number of nitrogens with one attached hydrogen (secondary N) is 1. The van der Waals surface area contributed by atoms with E-state index < -0.39 is 0 Å². The first-order valence-electron chi connectivity index (χ1n) is 6.86. The molecule has 0 amide bonds. The lowest BCUT2D eigenvalue weighted by molar-refractivity contribution is 0.588. The summed E-state index contributed by atoms with van der Waals surface area (Å²) in [6.45, 7) is 8.61. The van der Waals surface area contributed by atoms with E-state index in [9.17, 15) is 0 Å². The van der Waals surface area contributed by atoms with Crippen LogP contribution in [0.2, 0.25) is 0 Å². The van der Waals surface area contributed by atoms with Gasteiger partial charge in [-0.15, -0.1) is 0 Å². The van der Waals surface area contributed by atoms with Crippen LogP contribution >= 0.6 is 0 Å². The quantitative estimate of drug-likeness (QED) is 0.715. The van der Waals surface area contributed by atoms with Crippen molar-refractivity contribution in [3.8, 4) is 11.1 Å². The van der Waals surface area contributed by atoms with E-state index in [1.54, 1.807) is 0 Å². The zero-order valence-corrected chi connectivity index (χ0v) is 12.4. The summed E-state index contributed by atoms with van der Waals surface area (Å²) >= 11 is 0. The molecule has 0 radical (unpaired) electrons. The van der Waals surface area contributed by atoms with Crippen molar-refractivity contribution < 1.29 is 0 Å². The van der Waals surface area contributed by atoms with Gasteiger partial charge < -0.3 is 4.98 Å². The van der Waals surface area contributed by atoms with Gasteiger partial charge in [0.15, 0.2) is 0 Å². The molecule has 0 aliphatic heterocycles. The molecule has 20 heavy (non-hydrogen) atoms. The van der Waals surface area contributed by atoms with Crippen LogP contribution in [0.15, 0.2) is 36.8 Å². The second kappa shape index (κ2) is 4.44. The fourth-order valence-electron chi connectivity index (χ4n) is 2.28. The van der Waals surface area contributed by atoms with Crippen LogP contribution in [0.3, 0.4) is 0 Å². The van der Waals surface area contributed by atoms with Crippen LogP contribution in [0.4, 0.5) is 0 Å². The SMILES string of the molecule is Cc1ccc(-c2c[nH]c3ncc(C(C)(C)C)cc23)cn1. The Labute approximate surface area is 119 Å². The fraction of sp³-hybridized carbons (Fsp3) is 0.294. The van der Waals surface area contributed by atoms with Crippen LogP contribution in [0.5, 0.6) is 0 Å². The number of nitrogens with zero attached hydrogens (tertiary/aromatic N) is 2. The van der Waals surface area contributed by atoms with E-state index in [-0.39, 0.29) is 5.41 Å². The van der Waals surface area contributed by atoms with E-state index in [1.165, 1.54) is 5.56 Å². The Bertz CT molecular complexity index is 746. The van der Waals surface area contributed by atoms with Gasteiger partial charge in [0.2, 0.25) is 0 Å². The van der Waals surface area contributed by atoms with Gasteiger partial charge in [0.25, 0.3) is 0 Å². The number of rotatable bonds is 1. The molecule has 0 aromatic carbocycles. The van der Waals surface area contributed by atoms with Crippen LogP contribution in [0.1, 0.15) is 32.0 Å². The van der Waals surface area contributed by atoms with Crippen LogP contribution in [0, 0.1) is 6.92 Å². The standard InChI is InChI=1S/C17H19N3/c1-11-5-6-12(8-18-11)15-10-20-16-14(15)7-13(9-19-16)17(2,3)4/h5-10H,1-4H3,(H,19,20). The van der Waals surface area contributed by atoms with Crippen molar-refractivity contribution in [1.82, 2.24) is 15.0 Å². The summed E-state index contributed by atoms with van der Waals surface area (Å²) in [5.74, 6) is 0. The molecular weight excluding hydrogens is 246 g/mol. The molecule has 0 unspecified atom stereocenters. The third-order valence-corrected chi connectivity index (χ3v) is 3.62. The summed E-state index contributed by atoms with van der Waals surface area (Å²) in [7, 11) is 0. The van der Waals surface area contributed by atoms with Crippen molar-refractivity contribution in [1.29, 1.82) is 0 Å². The van der Waals surface area contributed by atoms with Gasteiger partial charge in [-0.3, -0.25) is 4.98 Å². The average molecular weight is 265 g/mol. The number of pyridine rings is 2. The lowest BCUT2D eigenvalue weighted by atomic mass is 9.87. The Morgan fingerprint density at radius 3 is 2.50 bits per heavy atom.